The van der Waals surface area contributed by atoms with Gasteiger partial charge < -0.3 is 24.4 Å². The van der Waals surface area contributed by atoms with Gasteiger partial charge in [0.25, 0.3) is 5.91 Å². The number of ether oxygens (including phenoxy) is 3. The Morgan fingerprint density at radius 1 is 0.814 bits per heavy atom. The van der Waals surface area contributed by atoms with Gasteiger partial charge in [-0.3, -0.25) is 14.7 Å². The quantitative estimate of drug-likeness (QED) is 0.214. The van der Waals surface area contributed by atoms with Crippen molar-refractivity contribution in [3.8, 4) is 23.0 Å². The molecule has 4 aromatic carbocycles. The lowest BCUT2D eigenvalue weighted by molar-refractivity contribution is 0.102. The Labute approximate surface area is 251 Å². The van der Waals surface area contributed by atoms with Crippen LogP contribution in [0, 0.1) is 0 Å². The van der Waals surface area contributed by atoms with Gasteiger partial charge in [0.1, 0.15) is 11.5 Å². The van der Waals surface area contributed by atoms with Gasteiger partial charge in [0.05, 0.1) is 19.7 Å². The number of benzene rings is 4. The van der Waals surface area contributed by atoms with E-state index in [2.05, 4.69) is 46.1 Å². The third kappa shape index (κ3) is 5.92. The van der Waals surface area contributed by atoms with Crippen molar-refractivity contribution in [2.24, 2.45) is 0 Å². The summed E-state index contributed by atoms with van der Waals surface area (Å²) in [6, 6.07) is 25.6. The second kappa shape index (κ2) is 12.2. The van der Waals surface area contributed by atoms with Crippen LogP contribution in [-0.2, 0) is 0 Å². The van der Waals surface area contributed by atoms with Crippen molar-refractivity contribution in [1.29, 1.82) is 0 Å². The molecule has 0 bridgehead atoms. The maximum atomic E-state index is 13.4. The number of hydrogen-bond acceptors (Lipinski definition) is 7. The number of nitrogens with one attached hydrogen (secondary N) is 1. The molecule has 5 aromatic rings. The van der Waals surface area contributed by atoms with Crippen molar-refractivity contribution in [3.05, 3.63) is 90.6 Å². The molecule has 8 nitrogen and oxygen atoms in total. The monoisotopic (exact) mass is 576 g/mol. The van der Waals surface area contributed by atoms with Gasteiger partial charge in [0.15, 0.2) is 11.5 Å². The molecule has 6 rings (SSSR count). The van der Waals surface area contributed by atoms with Crippen LogP contribution in [0.5, 0.6) is 23.0 Å². The van der Waals surface area contributed by atoms with Crippen LogP contribution in [-0.4, -0.2) is 62.2 Å². The van der Waals surface area contributed by atoms with Crippen LogP contribution in [0.15, 0.2) is 85.1 Å². The highest BCUT2D eigenvalue weighted by Gasteiger charge is 2.19. The summed E-state index contributed by atoms with van der Waals surface area (Å²) in [5, 5.41) is 5.62. The average Bonchev–Trinajstić information content (AvgIpc) is 3.04. The minimum atomic E-state index is -0.154. The van der Waals surface area contributed by atoms with Crippen molar-refractivity contribution in [3.63, 3.8) is 0 Å². The molecular formula is C35H36N4O4. The Hall–Kier alpha value is -4.82. The van der Waals surface area contributed by atoms with Gasteiger partial charge in [0, 0.05) is 66.8 Å². The van der Waals surface area contributed by atoms with Crippen molar-refractivity contribution in [2.75, 3.05) is 50.6 Å². The Bertz CT molecular complexity index is 1760. The lowest BCUT2D eigenvalue weighted by Gasteiger charge is -2.38. The smallest absolute Gasteiger partial charge is 0.256 e. The highest BCUT2D eigenvalue weighted by Crippen LogP contribution is 2.37. The molecule has 1 aliphatic rings. The molecule has 8 heteroatoms. The summed E-state index contributed by atoms with van der Waals surface area (Å²) in [4.78, 5) is 22.7. The van der Waals surface area contributed by atoms with Crippen LogP contribution < -0.4 is 24.4 Å². The molecule has 220 valence electrons. The fourth-order valence-electron chi connectivity index (χ4n) is 5.64. The number of amides is 1. The van der Waals surface area contributed by atoms with E-state index in [4.69, 9.17) is 14.2 Å². The number of anilines is 2. The summed E-state index contributed by atoms with van der Waals surface area (Å²) in [6.45, 7) is 8.63. The minimum Gasteiger partial charge on any atom is -0.493 e. The van der Waals surface area contributed by atoms with E-state index in [0.717, 1.165) is 53.5 Å². The number of fused-ring (bicyclic) bond motifs is 2. The molecule has 0 aliphatic carbocycles. The molecule has 2 heterocycles. The van der Waals surface area contributed by atoms with E-state index in [1.807, 2.05) is 66.7 Å². The number of methoxy groups -OCH3 is 2. The SMILES string of the molecule is COc1cc2nccc(Oc3ccc4c(C(=O)Nc5ccc(N6CCN(C(C)C)CC6)cc5)cccc4c3)c2cc1OC. The number of piperazine rings is 1. The number of rotatable bonds is 8. The maximum absolute atomic E-state index is 13.4. The van der Waals surface area contributed by atoms with Gasteiger partial charge in [-0.15, -0.1) is 0 Å². The number of aromatic nitrogens is 1. The third-order valence-electron chi connectivity index (χ3n) is 8.07. The summed E-state index contributed by atoms with van der Waals surface area (Å²) in [5.74, 6) is 2.34. The number of nitrogens with zero attached hydrogens (tertiary/aromatic N) is 3. The first kappa shape index (κ1) is 28.3. The Morgan fingerprint density at radius 2 is 1.56 bits per heavy atom. The van der Waals surface area contributed by atoms with Crippen LogP contribution in [0.1, 0.15) is 24.2 Å². The molecule has 1 N–H and O–H groups in total. The summed E-state index contributed by atoms with van der Waals surface area (Å²) in [6.07, 6.45) is 1.70. The number of hydrogen-bond donors (Lipinski definition) is 1. The standard InChI is InChI=1S/C35H36N4O4/c1-23(2)38-16-18-39(19-17-38)26-10-8-25(9-11-26)37-35(40)29-7-5-6-24-20-27(12-13-28(24)29)43-32-14-15-36-31-22-34(42-4)33(41-3)21-30(31)32/h5-15,20-23H,16-19H2,1-4H3,(H,37,40). The summed E-state index contributed by atoms with van der Waals surface area (Å²) >= 11 is 0. The van der Waals surface area contributed by atoms with Gasteiger partial charge in [-0.1, -0.05) is 12.1 Å². The molecule has 0 radical (unpaired) electrons. The van der Waals surface area contributed by atoms with Crippen molar-refractivity contribution >= 4 is 39.0 Å². The maximum Gasteiger partial charge on any atom is 0.256 e. The molecule has 1 saturated heterocycles. The van der Waals surface area contributed by atoms with Crippen LogP contribution in [0.25, 0.3) is 21.7 Å². The fraction of sp³-hybridized carbons (Fsp3) is 0.257. The number of pyridine rings is 1. The molecule has 1 fully saturated rings. The molecule has 0 saturated carbocycles. The highest BCUT2D eigenvalue weighted by molar-refractivity contribution is 6.13. The lowest BCUT2D eigenvalue weighted by Crippen LogP contribution is -2.48. The first-order valence-electron chi connectivity index (χ1n) is 14.6. The first-order chi connectivity index (χ1) is 20.9. The fourth-order valence-corrected chi connectivity index (χ4v) is 5.64. The zero-order valence-corrected chi connectivity index (χ0v) is 25.0. The summed E-state index contributed by atoms with van der Waals surface area (Å²) in [5.41, 5.74) is 3.28. The normalized spacial score (nSPS) is 13.8. The van der Waals surface area contributed by atoms with E-state index in [1.165, 1.54) is 5.69 Å². The van der Waals surface area contributed by atoms with Crippen molar-refractivity contribution in [2.45, 2.75) is 19.9 Å². The first-order valence-corrected chi connectivity index (χ1v) is 14.6. The molecule has 1 amide bonds. The van der Waals surface area contributed by atoms with E-state index in [0.29, 0.717) is 34.6 Å². The Kier molecular flexibility index (Phi) is 8.03. The van der Waals surface area contributed by atoms with E-state index in [9.17, 15) is 4.79 Å². The van der Waals surface area contributed by atoms with E-state index in [1.54, 1.807) is 20.4 Å². The molecule has 0 unspecified atom stereocenters. The topological polar surface area (TPSA) is 76.2 Å². The Balaban J connectivity index is 1.18. The van der Waals surface area contributed by atoms with Gasteiger partial charge in [-0.2, -0.15) is 0 Å². The Morgan fingerprint density at radius 3 is 2.28 bits per heavy atom. The largest absolute Gasteiger partial charge is 0.493 e. The summed E-state index contributed by atoms with van der Waals surface area (Å²) in [7, 11) is 3.20. The zero-order chi connectivity index (χ0) is 29.9. The zero-order valence-electron chi connectivity index (χ0n) is 25.0. The molecule has 43 heavy (non-hydrogen) atoms. The molecule has 0 atom stereocenters. The third-order valence-corrected chi connectivity index (χ3v) is 8.07. The van der Waals surface area contributed by atoms with Crippen LogP contribution in [0.3, 0.4) is 0 Å². The minimum absolute atomic E-state index is 0.154. The summed E-state index contributed by atoms with van der Waals surface area (Å²) < 4.78 is 17.2. The molecule has 0 spiro atoms. The van der Waals surface area contributed by atoms with Gasteiger partial charge in [-0.05, 0) is 85.3 Å². The second-order valence-corrected chi connectivity index (χ2v) is 10.9. The van der Waals surface area contributed by atoms with Crippen LogP contribution >= 0.6 is 0 Å². The van der Waals surface area contributed by atoms with Gasteiger partial charge >= 0.3 is 0 Å². The van der Waals surface area contributed by atoms with E-state index < -0.39 is 0 Å². The van der Waals surface area contributed by atoms with Crippen LogP contribution in [0.2, 0.25) is 0 Å². The molecular weight excluding hydrogens is 540 g/mol. The molecule has 1 aromatic heterocycles. The van der Waals surface area contributed by atoms with E-state index in [-0.39, 0.29) is 5.91 Å². The van der Waals surface area contributed by atoms with E-state index >= 15 is 0 Å². The number of carbonyl (C=O) groups is 1. The highest BCUT2D eigenvalue weighted by atomic mass is 16.5. The predicted octanol–water partition coefficient (Wildman–Crippen LogP) is 6.98. The van der Waals surface area contributed by atoms with Crippen molar-refractivity contribution in [1.82, 2.24) is 9.88 Å². The van der Waals surface area contributed by atoms with Crippen molar-refractivity contribution < 1.29 is 19.0 Å². The molecule has 1 aliphatic heterocycles. The average molecular weight is 577 g/mol. The predicted molar refractivity (Wildman–Crippen MR) is 172 cm³/mol. The second-order valence-electron chi connectivity index (χ2n) is 10.9. The van der Waals surface area contributed by atoms with Crippen LogP contribution in [0.4, 0.5) is 11.4 Å². The van der Waals surface area contributed by atoms with Gasteiger partial charge in [-0.25, -0.2) is 0 Å². The van der Waals surface area contributed by atoms with Gasteiger partial charge in [0.2, 0.25) is 0 Å². The number of carbonyl (C=O) groups excluding carboxylic acids is 1. The lowest BCUT2D eigenvalue weighted by atomic mass is 10.0.